The maximum atomic E-state index is 11.8. The number of carbonyl (C=O) groups excluding carboxylic acids is 1. The average molecular weight is 293 g/mol. The molecule has 1 unspecified atom stereocenters. The highest BCUT2D eigenvalue weighted by Gasteiger charge is 2.29. The van der Waals surface area contributed by atoms with E-state index in [-0.39, 0.29) is 22.5 Å². The summed E-state index contributed by atoms with van der Waals surface area (Å²) in [6.45, 7) is 4.65. The smallest absolute Gasteiger partial charge is 0.314 e. The van der Waals surface area contributed by atoms with Crippen LogP contribution in [0.2, 0.25) is 0 Å². The number of nitro groups is 1. The van der Waals surface area contributed by atoms with E-state index in [0.29, 0.717) is 13.2 Å². The van der Waals surface area contributed by atoms with Gasteiger partial charge in [-0.1, -0.05) is 12.1 Å². The van der Waals surface area contributed by atoms with Crippen LogP contribution in [0.5, 0.6) is 0 Å². The molecule has 1 N–H and O–H groups in total. The molecule has 0 bridgehead atoms. The van der Waals surface area contributed by atoms with Gasteiger partial charge in [0.1, 0.15) is 12.5 Å². The van der Waals surface area contributed by atoms with Crippen LogP contribution in [0.4, 0.5) is 5.69 Å². The molecule has 1 aromatic rings. The summed E-state index contributed by atoms with van der Waals surface area (Å²) in [6.07, 6.45) is 1.85. The van der Waals surface area contributed by atoms with E-state index in [2.05, 4.69) is 0 Å². The summed E-state index contributed by atoms with van der Waals surface area (Å²) in [5, 5.41) is 10.8. The van der Waals surface area contributed by atoms with Crippen LogP contribution in [0.15, 0.2) is 24.3 Å². The van der Waals surface area contributed by atoms with Crippen molar-refractivity contribution >= 4 is 11.7 Å². The van der Waals surface area contributed by atoms with Crippen molar-refractivity contribution in [2.24, 2.45) is 5.92 Å². The first-order valence-corrected chi connectivity index (χ1v) is 7.33. The minimum Gasteiger partial charge on any atom is -0.466 e. The van der Waals surface area contributed by atoms with E-state index in [1.54, 1.807) is 12.1 Å². The van der Waals surface area contributed by atoms with Gasteiger partial charge in [-0.3, -0.25) is 14.9 Å². The van der Waals surface area contributed by atoms with E-state index in [1.807, 2.05) is 13.0 Å². The van der Waals surface area contributed by atoms with Crippen LogP contribution in [0.3, 0.4) is 0 Å². The molecule has 0 radical (unpaired) electrons. The number of ether oxygens (including phenoxy) is 1. The van der Waals surface area contributed by atoms with Gasteiger partial charge in [0.05, 0.1) is 24.6 Å². The second-order valence-electron chi connectivity index (χ2n) is 5.40. The molecule has 0 saturated carbocycles. The molecule has 2 atom stereocenters. The van der Waals surface area contributed by atoms with Crippen LogP contribution < -0.4 is 4.90 Å². The van der Waals surface area contributed by atoms with Crippen LogP contribution in [0.1, 0.15) is 25.3 Å². The second kappa shape index (κ2) is 7.17. The van der Waals surface area contributed by atoms with Crippen molar-refractivity contribution in [3.63, 3.8) is 0 Å². The van der Waals surface area contributed by atoms with Gasteiger partial charge in [0.2, 0.25) is 0 Å². The Morgan fingerprint density at radius 3 is 3.05 bits per heavy atom. The molecular weight excluding hydrogens is 272 g/mol. The molecule has 1 heterocycles. The van der Waals surface area contributed by atoms with Gasteiger partial charge in [-0.2, -0.15) is 0 Å². The molecule has 1 saturated heterocycles. The molecule has 1 aliphatic rings. The zero-order valence-electron chi connectivity index (χ0n) is 12.2. The van der Waals surface area contributed by atoms with Crippen molar-refractivity contribution in [2.45, 2.75) is 26.3 Å². The quantitative estimate of drug-likeness (QED) is 0.498. The SMILES string of the molecule is CCOC(=O)[C@@H]1CCC[NH+](Cc2cccc([N+](=O)[O-])c2)C1. The Morgan fingerprint density at radius 1 is 1.52 bits per heavy atom. The summed E-state index contributed by atoms with van der Waals surface area (Å²) in [4.78, 5) is 23.5. The first-order valence-electron chi connectivity index (χ1n) is 7.33. The lowest BCUT2D eigenvalue weighted by molar-refractivity contribution is -0.921. The fraction of sp³-hybridized carbons (Fsp3) is 0.533. The number of nitrogens with one attached hydrogen (secondary N) is 1. The highest BCUT2D eigenvalue weighted by molar-refractivity contribution is 5.72. The minimum atomic E-state index is -0.379. The summed E-state index contributed by atoms with van der Waals surface area (Å²) in [5.41, 5.74) is 1.05. The Balaban J connectivity index is 1.97. The Morgan fingerprint density at radius 2 is 2.33 bits per heavy atom. The predicted octanol–water partition coefficient (Wildman–Crippen LogP) is 0.953. The normalized spacial score (nSPS) is 21.8. The maximum absolute atomic E-state index is 11.8. The van der Waals surface area contributed by atoms with Crippen LogP contribution >= 0.6 is 0 Å². The van der Waals surface area contributed by atoms with E-state index in [0.717, 1.165) is 31.5 Å². The van der Waals surface area contributed by atoms with Gasteiger partial charge in [-0.05, 0) is 19.8 Å². The fourth-order valence-corrected chi connectivity index (χ4v) is 2.84. The summed E-state index contributed by atoms with van der Waals surface area (Å²) >= 11 is 0. The summed E-state index contributed by atoms with van der Waals surface area (Å²) in [5.74, 6) is -0.166. The first kappa shape index (κ1) is 15.4. The Hall–Kier alpha value is -1.95. The number of nitro benzene ring substituents is 1. The molecule has 1 aliphatic heterocycles. The van der Waals surface area contributed by atoms with Gasteiger partial charge in [0.15, 0.2) is 0 Å². The highest BCUT2D eigenvalue weighted by atomic mass is 16.6. The third-order valence-corrected chi connectivity index (χ3v) is 3.81. The van der Waals surface area contributed by atoms with Gasteiger partial charge in [0.25, 0.3) is 5.69 Å². The number of hydrogen-bond donors (Lipinski definition) is 1. The molecule has 114 valence electrons. The molecule has 21 heavy (non-hydrogen) atoms. The number of hydrogen-bond acceptors (Lipinski definition) is 4. The molecule has 0 aromatic heterocycles. The second-order valence-corrected chi connectivity index (χ2v) is 5.40. The van der Waals surface area contributed by atoms with Crippen LogP contribution in [0, 0.1) is 16.0 Å². The number of likely N-dealkylation sites (tertiary alicyclic amines) is 1. The predicted molar refractivity (Wildman–Crippen MR) is 76.9 cm³/mol. The number of nitrogens with zero attached hydrogens (tertiary/aromatic N) is 1. The summed E-state index contributed by atoms with van der Waals surface area (Å²) < 4.78 is 5.09. The molecule has 6 nitrogen and oxygen atoms in total. The Kier molecular flexibility index (Phi) is 5.27. The number of piperidine rings is 1. The molecule has 1 aromatic carbocycles. The van der Waals surface area contributed by atoms with Gasteiger partial charge >= 0.3 is 5.97 Å². The van der Waals surface area contributed by atoms with Crippen molar-refractivity contribution in [3.05, 3.63) is 39.9 Å². The van der Waals surface area contributed by atoms with E-state index < -0.39 is 0 Å². The molecule has 2 rings (SSSR count). The molecule has 0 aliphatic carbocycles. The lowest BCUT2D eigenvalue weighted by atomic mass is 9.97. The number of esters is 1. The van der Waals surface area contributed by atoms with Gasteiger partial charge in [-0.15, -0.1) is 0 Å². The number of rotatable bonds is 5. The zero-order chi connectivity index (χ0) is 15.2. The van der Waals surface area contributed by atoms with E-state index in [4.69, 9.17) is 4.74 Å². The summed E-state index contributed by atoms with van der Waals surface area (Å²) in [7, 11) is 0. The van der Waals surface area contributed by atoms with Crippen molar-refractivity contribution in [1.29, 1.82) is 0 Å². The maximum Gasteiger partial charge on any atom is 0.314 e. The number of quaternary nitrogens is 1. The lowest BCUT2D eigenvalue weighted by Gasteiger charge is -2.28. The van der Waals surface area contributed by atoms with Crippen LogP contribution in [0.25, 0.3) is 0 Å². The molecule has 6 heteroatoms. The van der Waals surface area contributed by atoms with Gasteiger partial charge < -0.3 is 9.64 Å². The highest BCUT2D eigenvalue weighted by Crippen LogP contribution is 2.13. The van der Waals surface area contributed by atoms with Crippen molar-refractivity contribution in [3.8, 4) is 0 Å². The van der Waals surface area contributed by atoms with Crippen molar-refractivity contribution in [1.82, 2.24) is 0 Å². The monoisotopic (exact) mass is 293 g/mol. The van der Waals surface area contributed by atoms with E-state index >= 15 is 0 Å². The Labute approximate surface area is 123 Å². The first-order chi connectivity index (χ1) is 10.1. The number of benzene rings is 1. The topological polar surface area (TPSA) is 73.9 Å². The number of carbonyl (C=O) groups is 1. The molecular formula is C15H21N2O4+. The largest absolute Gasteiger partial charge is 0.466 e. The van der Waals surface area contributed by atoms with Gasteiger partial charge in [-0.25, -0.2) is 0 Å². The van der Waals surface area contributed by atoms with Crippen LogP contribution in [-0.4, -0.2) is 30.6 Å². The van der Waals surface area contributed by atoms with E-state index in [1.165, 1.54) is 11.0 Å². The summed E-state index contributed by atoms with van der Waals surface area (Å²) in [6, 6.07) is 6.71. The van der Waals surface area contributed by atoms with Gasteiger partial charge in [0, 0.05) is 17.7 Å². The van der Waals surface area contributed by atoms with Crippen molar-refractivity contribution < 1.29 is 19.4 Å². The number of non-ortho nitro benzene ring substituents is 1. The Bertz CT molecular complexity index is 518. The third-order valence-electron chi connectivity index (χ3n) is 3.81. The molecule has 0 amide bonds. The third kappa shape index (κ3) is 4.26. The zero-order valence-corrected chi connectivity index (χ0v) is 12.2. The average Bonchev–Trinajstić information content (AvgIpc) is 2.48. The lowest BCUT2D eigenvalue weighted by Crippen LogP contribution is -3.12. The standard InChI is InChI=1S/C15H20N2O4/c1-2-21-15(18)13-6-4-8-16(11-13)10-12-5-3-7-14(9-12)17(19)20/h3,5,7,9,13H,2,4,6,8,10-11H2,1H3/p+1/t13-/m1/s1. The van der Waals surface area contributed by atoms with Crippen molar-refractivity contribution in [2.75, 3.05) is 19.7 Å². The van der Waals surface area contributed by atoms with E-state index in [9.17, 15) is 14.9 Å². The fourth-order valence-electron chi connectivity index (χ4n) is 2.84. The molecule has 0 spiro atoms. The molecule has 1 fully saturated rings. The minimum absolute atomic E-state index is 0.0487. The van der Waals surface area contributed by atoms with Crippen LogP contribution in [-0.2, 0) is 16.1 Å².